The zero-order chi connectivity index (χ0) is 21.8. The van der Waals surface area contributed by atoms with Crippen molar-refractivity contribution in [2.45, 2.75) is 23.4 Å². The molecule has 0 aliphatic carbocycles. The van der Waals surface area contributed by atoms with E-state index in [0.29, 0.717) is 34.0 Å². The predicted octanol–water partition coefficient (Wildman–Crippen LogP) is 3.11. The van der Waals surface area contributed by atoms with E-state index in [9.17, 15) is 9.59 Å². The highest BCUT2D eigenvalue weighted by molar-refractivity contribution is 7.98. The standard InChI is InChI=1S/C21H21N5O4S/c1-29-14-8-9-15(17(10-14)30-2)22-18(27)11-16-19(28)23-20-24-21(25-26(16)20)31-12-13-6-4-3-5-7-13/h3-10,16H,11-12H2,1-2H3,(H,22,27)(H,23,24,25,28)/t16-/m0/s1. The Bertz CT molecular complexity index is 1100. The first kappa shape index (κ1) is 20.7. The van der Waals surface area contributed by atoms with E-state index in [2.05, 4.69) is 20.7 Å². The molecule has 0 saturated heterocycles. The molecule has 4 rings (SSSR count). The summed E-state index contributed by atoms with van der Waals surface area (Å²) >= 11 is 1.47. The first-order chi connectivity index (χ1) is 15.1. The van der Waals surface area contributed by atoms with Crippen LogP contribution in [0.2, 0.25) is 0 Å². The van der Waals surface area contributed by atoms with Crippen LogP contribution >= 0.6 is 11.8 Å². The largest absolute Gasteiger partial charge is 0.497 e. The summed E-state index contributed by atoms with van der Waals surface area (Å²) in [4.78, 5) is 29.3. The van der Waals surface area contributed by atoms with Crippen molar-refractivity contribution in [1.82, 2.24) is 14.8 Å². The zero-order valence-corrected chi connectivity index (χ0v) is 17.8. The van der Waals surface area contributed by atoms with Crippen LogP contribution in [0.1, 0.15) is 18.0 Å². The maximum Gasteiger partial charge on any atom is 0.252 e. The quantitative estimate of drug-likeness (QED) is 0.519. The van der Waals surface area contributed by atoms with Crippen LogP contribution in [0.3, 0.4) is 0 Å². The Morgan fingerprint density at radius 2 is 2.00 bits per heavy atom. The molecule has 0 unspecified atom stereocenters. The Hall–Kier alpha value is -3.53. The Morgan fingerprint density at radius 3 is 2.74 bits per heavy atom. The number of ether oxygens (including phenoxy) is 2. The molecule has 1 atom stereocenters. The molecule has 9 nitrogen and oxygen atoms in total. The predicted molar refractivity (Wildman–Crippen MR) is 116 cm³/mol. The zero-order valence-electron chi connectivity index (χ0n) is 17.0. The van der Waals surface area contributed by atoms with Crippen LogP contribution in [0.4, 0.5) is 11.6 Å². The molecule has 2 amide bonds. The van der Waals surface area contributed by atoms with Gasteiger partial charge in [-0.1, -0.05) is 42.1 Å². The summed E-state index contributed by atoms with van der Waals surface area (Å²) in [7, 11) is 3.05. The molecular formula is C21H21N5O4S. The van der Waals surface area contributed by atoms with Crippen LogP contribution in [0.5, 0.6) is 11.5 Å². The van der Waals surface area contributed by atoms with Gasteiger partial charge in [-0.15, -0.1) is 5.10 Å². The number of nitrogens with zero attached hydrogens (tertiary/aromatic N) is 3. The first-order valence-corrected chi connectivity index (χ1v) is 10.5. The molecule has 0 bridgehead atoms. The molecule has 3 aromatic rings. The van der Waals surface area contributed by atoms with Crippen LogP contribution in [-0.4, -0.2) is 40.8 Å². The monoisotopic (exact) mass is 439 g/mol. The molecular weight excluding hydrogens is 418 g/mol. The Balaban J connectivity index is 1.42. The molecule has 0 radical (unpaired) electrons. The lowest BCUT2D eigenvalue weighted by atomic mass is 10.2. The van der Waals surface area contributed by atoms with Crippen molar-refractivity contribution in [2.75, 3.05) is 24.9 Å². The smallest absolute Gasteiger partial charge is 0.252 e. The molecule has 0 spiro atoms. The number of rotatable bonds is 8. The second kappa shape index (κ2) is 9.09. The number of hydrogen-bond donors (Lipinski definition) is 2. The summed E-state index contributed by atoms with van der Waals surface area (Å²) in [5.74, 6) is 1.47. The average molecular weight is 439 g/mol. The Morgan fingerprint density at radius 1 is 1.19 bits per heavy atom. The number of aromatic nitrogens is 3. The number of carbonyl (C=O) groups is 2. The fraction of sp³-hybridized carbons (Fsp3) is 0.238. The van der Waals surface area contributed by atoms with E-state index < -0.39 is 6.04 Å². The highest BCUT2D eigenvalue weighted by Crippen LogP contribution is 2.31. The van der Waals surface area contributed by atoms with Gasteiger partial charge in [-0.2, -0.15) is 4.98 Å². The number of nitrogens with one attached hydrogen (secondary N) is 2. The van der Waals surface area contributed by atoms with Gasteiger partial charge in [0.1, 0.15) is 17.5 Å². The van der Waals surface area contributed by atoms with E-state index in [1.165, 1.54) is 23.6 Å². The molecule has 2 N–H and O–H groups in total. The highest BCUT2D eigenvalue weighted by atomic mass is 32.2. The van der Waals surface area contributed by atoms with Gasteiger partial charge in [0.05, 0.1) is 26.3 Å². The topological polar surface area (TPSA) is 107 Å². The third-order valence-electron chi connectivity index (χ3n) is 4.72. The Labute approximate surface area is 183 Å². The van der Waals surface area contributed by atoms with Gasteiger partial charge < -0.3 is 14.8 Å². The second-order valence-corrected chi connectivity index (χ2v) is 7.70. The van der Waals surface area contributed by atoms with E-state index in [-0.39, 0.29) is 18.2 Å². The summed E-state index contributed by atoms with van der Waals surface area (Å²) in [6, 6.07) is 14.3. The van der Waals surface area contributed by atoms with Gasteiger partial charge in [-0.05, 0) is 17.7 Å². The van der Waals surface area contributed by atoms with Crippen molar-refractivity contribution in [1.29, 1.82) is 0 Å². The van der Waals surface area contributed by atoms with Crippen LogP contribution in [-0.2, 0) is 15.3 Å². The van der Waals surface area contributed by atoms with E-state index in [4.69, 9.17) is 9.47 Å². The van der Waals surface area contributed by atoms with Crippen molar-refractivity contribution in [3.8, 4) is 11.5 Å². The summed E-state index contributed by atoms with van der Waals surface area (Å²) in [6.07, 6.45) is -0.0832. The number of amides is 2. The minimum absolute atomic E-state index is 0.0832. The number of anilines is 2. The van der Waals surface area contributed by atoms with Crippen molar-refractivity contribution in [2.24, 2.45) is 0 Å². The van der Waals surface area contributed by atoms with E-state index >= 15 is 0 Å². The van der Waals surface area contributed by atoms with Gasteiger partial charge >= 0.3 is 0 Å². The van der Waals surface area contributed by atoms with Gasteiger partial charge in [0.2, 0.25) is 17.0 Å². The highest BCUT2D eigenvalue weighted by Gasteiger charge is 2.35. The fourth-order valence-electron chi connectivity index (χ4n) is 3.15. The number of thioether (sulfide) groups is 1. The van der Waals surface area contributed by atoms with Crippen molar-refractivity contribution in [3.63, 3.8) is 0 Å². The maximum atomic E-state index is 12.6. The summed E-state index contributed by atoms with van der Waals surface area (Å²) in [6.45, 7) is 0. The first-order valence-electron chi connectivity index (χ1n) is 9.53. The third kappa shape index (κ3) is 4.64. The SMILES string of the molecule is COc1ccc(NC(=O)C[C@H]2C(=O)Nc3nc(SCc4ccccc4)nn32)c(OC)c1. The van der Waals surface area contributed by atoms with Crippen molar-refractivity contribution < 1.29 is 19.1 Å². The van der Waals surface area contributed by atoms with E-state index in [0.717, 1.165) is 5.56 Å². The van der Waals surface area contributed by atoms with Crippen LogP contribution in [0.15, 0.2) is 53.7 Å². The Kier molecular flexibility index (Phi) is 6.08. The number of hydrogen-bond acceptors (Lipinski definition) is 7. The lowest BCUT2D eigenvalue weighted by molar-refractivity contribution is -0.123. The molecule has 2 heterocycles. The summed E-state index contributed by atoms with van der Waals surface area (Å²) < 4.78 is 11.9. The number of fused-ring (bicyclic) bond motifs is 1. The molecule has 0 saturated carbocycles. The number of benzene rings is 2. The van der Waals surface area contributed by atoms with Gasteiger partial charge in [-0.3, -0.25) is 14.9 Å². The van der Waals surface area contributed by atoms with Gasteiger partial charge in [0.25, 0.3) is 5.91 Å². The summed E-state index contributed by atoms with van der Waals surface area (Å²) in [5, 5.41) is 10.4. The summed E-state index contributed by atoms with van der Waals surface area (Å²) in [5.41, 5.74) is 1.64. The number of methoxy groups -OCH3 is 2. The van der Waals surface area contributed by atoms with Crippen molar-refractivity contribution >= 4 is 35.2 Å². The van der Waals surface area contributed by atoms with Gasteiger partial charge in [-0.25, -0.2) is 4.68 Å². The van der Waals surface area contributed by atoms with Crippen LogP contribution in [0.25, 0.3) is 0 Å². The van der Waals surface area contributed by atoms with E-state index in [1.807, 2.05) is 30.3 Å². The molecule has 2 aromatic carbocycles. The molecule has 1 aromatic heterocycles. The molecule has 1 aliphatic heterocycles. The van der Waals surface area contributed by atoms with Crippen molar-refractivity contribution in [3.05, 3.63) is 54.1 Å². The maximum absolute atomic E-state index is 12.6. The number of carbonyl (C=O) groups excluding carboxylic acids is 2. The normalized spacial score (nSPS) is 14.6. The molecule has 0 fully saturated rings. The molecule has 1 aliphatic rings. The fourth-order valence-corrected chi connectivity index (χ4v) is 3.94. The average Bonchev–Trinajstić information content (AvgIpc) is 3.31. The minimum atomic E-state index is -0.766. The third-order valence-corrected chi connectivity index (χ3v) is 5.63. The second-order valence-electron chi connectivity index (χ2n) is 6.76. The van der Waals surface area contributed by atoms with Crippen LogP contribution < -0.4 is 20.1 Å². The molecule has 10 heteroatoms. The van der Waals surface area contributed by atoms with Gasteiger partial charge in [0.15, 0.2) is 0 Å². The van der Waals surface area contributed by atoms with Gasteiger partial charge in [0, 0.05) is 11.8 Å². The molecule has 31 heavy (non-hydrogen) atoms. The van der Waals surface area contributed by atoms with E-state index in [1.54, 1.807) is 25.3 Å². The minimum Gasteiger partial charge on any atom is -0.497 e. The molecule has 160 valence electrons. The van der Waals surface area contributed by atoms with Crippen LogP contribution in [0, 0.1) is 0 Å². The lowest BCUT2D eigenvalue weighted by Crippen LogP contribution is -2.24. The lowest BCUT2D eigenvalue weighted by Gasteiger charge is -2.13.